The molecule has 2 aliphatic heterocycles. The van der Waals surface area contributed by atoms with Crippen LogP contribution in [0.2, 0.25) is 0 Å². The van der Waals surface area contributed by atoms with Crippen LogP contribution < -0.4 is 10.6 Å². The number of hydrogen-bond donors (Lipinski definition) is 2. The number of aromatic nitrogens is 3. The van der Waals surface area contributed by atoms with Gasteiger partial charge in [-0.1, -0.05) is 71.4 Å². The lowest BCUT2D eigenvalue weighted by Gasteiger charge is -2.27. The van der Waals surface area contributed by atoms with Crippen molar-refractivity contribution in [3.8, 4) is 0 Å². The van der Waals surface area contributed by atoms with Gasteiger partial charge in [-0.25, -0.2) is 4.68 Å². The van der Waals surface area contributed by atoms with E-state index in [1.165, 1.54) is 16.7 Å². The zero-order chi connectivity index (χ0) is 28.3. The Kier molecular flexibility index (Phi) is 7.83. The third-order valence-corrected chi connectivity index (χ3v) is 8.78. The molecule has 8 heteroatoms. The van der Waals surface area contributed by atoms with Crippen LogP contribution in [0.15, 0.2) is 72.8 Å². The molecule has 4 aromatic rings. The van der Waals surface area contributed by atoms with Crippen LogP contribution in [-0.4, -0.2) is 56.9 Å². The first-order chi connectivity index (χ1) is 19.9. The number of aryl methyl sites for hydroxylation is 3. The lowest BCUT2D eigenvalue weighted by atomic mass is 9.96. The fourth-order valence-corrected chi connectivity index (χ4v) is 6.36. The molecule has 0 radical (unpaired) electrons. The van der Waals surface area contributed by atoms with Crippen LogP contribution in [0.3, 0.4) is 0 Å². The molecule has 6 rings (SSSR count). The van der Waals surface area contributed by atoms with Crippen molar-refractivity contribution in [1.82, 2.24) is 30.5 Å². The number of carbonyl (C=O) groups is 2. The highest BCUT2D eigenvalue weighted by Crippen LogP contribution is 2.32. The van der Waals surface area contributed by atoms with Crippen LogP contribution in [0.5, 0.6) is 0 Å². The first-order valence-electron chi connectivity index (χ1n) is 14.6. The quantitative estimate of drug-likeness (QED) is 0.347. The van der Waals surface area contributed by atoms with E-state index in [1.807, 2.05) is 48.3 Å². The van der Waals surface area contributed by atoms with Crippen molar-refractivity contribution >= 4 is 22.8 Å². The van der Waals surface area contributed by atoms with Crippen molar-refractivity contribution in [3.63, 3.8) is 0 Å². The normalized spacial score (nSPS) is 22.3. The monoisotopic (exact) mass is 550 g/mol. The average molecular weight is 551 g/mol. The second kappa shape index (κ2) is 11.8. The molecule has 2 fully saturated rings. The summed E-state index contributed by atoms with van der Waals surface area (Å²) in [6, 6.07) is 24.2. The molecule has 0 bridgehead atoms. The van der Waals surface area contributed by atoms with E-state index in [2.05, 4.69) is 64.3 Å². The van der Waals surface area contributed by atoms with E-state index in [0.717, 1.165) is 42.4 Å². The van der Waals surface area contributed by atoms with Gasteiger partial charge in [0.2, 0.25) is 11.8 Å². The number of benzene rings is 3. The maximum atomic E-state index is 13.9. The topological polar surface area (TPSA) is 92.2 Å². The van der Waals surface area contributed by atoms with Crippen molar-refractivity contribution in [1.29, 1.82) is 0 Å². The zero-order valence-corrected chi connectivity index (χ0v) is 23.8. The second-order valence-electron chi connectivity index (χ2n) is 11.7. The fourth-order valence-electron chi connectivity index (χ4n) is 6.36. The highest BCUT2D eigenvalue weighted by atomic mass is 16.2. The second-order valence-corrected chi connectivity index (χ2v) is 11.7. The highest BCUT2D eigenvalue weighted by Gasteiger charge is 2.43. The Morgan fingerprint density at radius 2 is 1.78 bits per heavy atom. The van der Waals surface area contributed by atoms with Gasteiger partial charge in [0.15, 0.2) is 0 Å². The Labute approximate surface area is 241 Å². The Balaban J connectivity index is 1.14. The van der Waals surface area contributed by atoms with Crippen LogP contribution in [0.25, 0.3) is 11.0 Å². The molecule has 0 spiro atoms. The van der Waals surface area contributed by atoms with Gasteiger partial charge in [-0.15, -0.1) is 5.10 Å². The van der Waals surface area contributed by atoms with Crippen LogP contribution in [0, 0.1) is 12.8 Å². The molecule has 2 unspecified atom stereocenters. The number of hydrogen-bond acceptors (Lipinski definition) is 5. The van der Waals surface area contributed by atoms with E-state index in [-0.39, 0.29) is 23.8 Å². The minimum Gasteiger partial charge on any atom is -0.350 e. The van der Waals surface area contributed by atoms with Gasteiger partial charge in [-0.05, 0) is 73.3 Å². The minimum atomic E-state index is -0.469. The lowest BCUT2D eigenvalue weighted by molar-refractivity contribution is -0.139. The summed E-state index contributed by atoms with van der Waals surface area (Å²) in [5.41, 5.74) is 6.50. The molecule has 2 saturated heterocycles. The third-order valence-electron chi connectivity index (χ3n) is 8.78. The van der Waals surface area contributed by atoms with Gasteiger partial charge in [0, 0.05) is 26.7 Å². The number of rotatable bonds is 8. The summed E-state index contributed by atoms with van der Waals surface area (Å²) in [5, 5.41) is 14.8. The van der Waals surface area contributed by atoms with Crippen molar-refractivity contribution in [2.45, 2.75) is 57.2 Å². The van der Waals surface area contributed by atoms with Crippen LogP contribution in [0.4, 0.5) is 0 Å². The smallest absolute Gasteiger partial charge is 0.243 e. The molecule has 0 aliphatic carbocycles. The SMILES string of the molecule is Cc1ccc(CCC2C[C@@H](C(=O)NCc3ccc4c(c3)nnn4C)N(C(=O)[C@H]3CC(c4ccccc4)CN3)C2)cc1. The number of nitrogens with one attached hydrogen (secondary N) is 2. The predicted molar refractivity (Wildman–Crippen MR) is 159 cm³/mol. The molecule has 3 aromatic carbocycles. The number of fused-ring (bicyclic) bond motifs is 1. The Morgan fingerprint density at radius 1 is 1.00 bits per heavy atom. The summed E-state index contributed by atoms with van der Waals surface area (Å²) in [6.45, 7) is 3.86. The predicted octanol–water partition coefficient (Wildman–Crippen LogP) is 3.89. The standard InChI is InChI=1S/C33H38N6O2/c1-22-8-10-23(11-9-22)12-13-25-17-31(32(40)35-19-24-14-15-30-28(16-24)36-37-38(30)2)39(21-25)33(41)29-18-27(20-34-29)26-6-4-3-5-7-26/h3-11,14-16,25,27,29,31,34H,12-13,17-21H2,1-2H3,(H,35,40)/t25?,27?,29-,31+/m1/s1. The van der Waals surface area contributed by atoms with Crippen molar-refractivity contribution < 1.29 is 9.59 Å². The molecule has 2 N–H and O–H groups in total. The first-order valence-corrected chi connectivity index (χ1v) is 14.6. The molecule has 212 valence electrons. The largest absolute Gasteiger partial charge is 0.350 e. The highest BCUT2D eigenvalue weighted by molar-refractivity contribution is 5.90. The fraction of sp³-hybridized carbons (Fsp3) is 0.394. The molecule has 2 aliphatic rings. The average Bonchev–Trinajstić information content (AvgIpc) is 3.75. The Bertz CT molecular complexity index is 1520. The number of nitrogens with zero attached hydrogens (tertiary/aromatic N) is 4. The van der Waals surface area contributed by atoms with Crippen molar-refractivity contribution in [2.75, 3.05) is 13.1 Å². The number of carbonyl (C=O) groups excluding carboxylic acids is 2. The van der Waals surface area contributed by atoms with Crippen molar-refractivity contribution in [2.24, 2.45) is 13.0 Å². The van der Waals surface area contributed by atoms with Gasteiger partial charge in [0.05, 0.1) is 11.6 Å². The van der Waals surface area contributed by atoms with Gasteiger partial charge in [0.25, 0.3) is 0 Å². The van der Waals surface area contributed by atoms with Crippen LogP contribution in [0.1, 0.15) is 47.4 Å². The molecule has 0 saturated carbocycles. The van der Waals surface area contributed by atoms with Gasteiger partial charge >= 0.3 is 0 Å². The molecule has 4 atom stereocenters. The van der Waals surface area contributed by atoms with Gasteiger partial charge < -0.3 is 15.5 Å². The number of likely N-dealkylation sites (tertiary alicyclic amines) is 1. The third kappa shape index (κ3) is 6.03. The van der Waals surface area contributed by atoms with E-state index in [1.54, 1.807) is 4.68 Å². The van der Waals surface area contributed by atoms with Crippen LogP contribution >= 0.6 is 0 Å². The maximum absolute atomic E-state index is 13.9. The first kappa shape index (κ1) is 27.1. The Morgan fingerprint density at radius 3 is 2.59 bits per heavy atom. The van der Waals surface area contributed by atoms with E-state index < -0.39 is 6.04 Å². The van der Waals surface area contributed by atoms with E-state index >= 15 is 0 Å². The molecule has 8 nitrogen and oxygen atoms in total. The summed E-state index contributed by atoms with van der Waals surface area (Å²) in [6.07, 6.45) is 3.32. The Hall–Kier alpha value is -4.04. The lowest BCUT2D eigenvalue weighted by Crippen LogP contribution is -2.51. The van der Waals surface area contributed by atoms with Gasteiger partial charge in [0.1, 0.15) is 11.6 Å². The molecular formula is C33H38N6O2. The molecule has 2 amide bonds. The maximum Gasteiger partial charge on any atom is 0.243 e. The van der Waals surface area contributed by atoms with Crippen LogP contribution in [-0.2, 0) is 29.6 Å². The summed E-state index contributed by atoms with van der Waals surface area (Å²) >= 11 is 0. The summed E-state index contributed by atoms with van der Waals surface area (Å²) < 4.78 is 1.73. The summed E-state index contributed by atoms with van der Waals surface area (Å²) in [5.74, 6) is 0.530. The molecule has 3 heterocycles. The van der Waals surface area contributed by atoms with E-state index in [9.17, 15) is 9.59 Å². The van der Waals surface area contributed by atoms with E-state index in [4.69, 9.17) is 0 Å². The van der Waals surface area contributed by atoms with Gasteiger partial charge in [-0.3, -0.25) is 9.59 Å². The van der Waals surface area contributed by atoms with Gasteiger partial charge in [-0.2, -0.15) is 0 Å². The minimum absolute atomic E-state index is 0.0439. The molecule has 41 heavy (non-hydrogen) atoms. The summed E-state index contributed by atoms with van der Waals surface area (Å²) in [4.78, 5) is 29.3. The van der Waals surface area contributed by atoms with E-state index in [0.29, 0.717) is 25.4 Å². The molecular weight excluding hydrogens is 512 g/mol. The summed E-state index contributed by atoms with van der Waals surface area (Å²) in [7, 11) is 1.86. The number of amides is 2. The van der Waals surface area contributed by atoms with Crippen molar-refractivity contribution in [3.05, 3.63) is 95.1 Å². The molecule has 1 aromatic heterocycles. The zero-order valence-electron chi connectivity index (χ0n) is 23.8.